The van der Waals surface area contributed by atoms with Crippen molar-refractivity contribution in [3.05, 3.63) is 29.8 Å². The monoisotopic (exact) mass is 303 g/mol. The Labute approximate surface area is 134 Å². The summed E-state index contributed by atoms with van der Waals surface area (Å²) in [6, 6.07) is 7.88. The van der Waals surface area contributed by atoms with Gasteiger partial charge in [-0.05, 0) is 63.3 Å². The van der Waals surface area contributed by atoms with Crippen LogP contribution in [-0.4, -0.2) is 31.1 Å². The third-order valence-corrected chi connectivity index (χ3v) is 4.67. The molecule has 0 radical (unpaired) electrons. The van der Waals surface area contributed by atoms with E-state index in [9.17, 15) is 4.79 Å². The SMILES string of the molecule is CCCN(CC)c1ccc(C(=O)NC(C)(CN)C2CC2)cc1. The number of nitrogens with one attached hydrogen (secondary N) is 1. The van der Waals surface area contributed by atoms with Gasteiger partial charge >= 0.3 is 0 Å². The summed E-state index contributed by atoms with van der Waals surface area (Å²) >= 11 is 0. The molecule has 4 heteroatoms. The van der Waals surface area contributed by atoms with Crippen molar-refractivity contribution in [2.24, 2.45) is 11.7 Å². The fourth-order valence-corrected chi connectivity index (χ4v) is 2.94. The molecule has 0 aliphatic heterocycles. The van der Waals surface area contributed by atoms with Crippen LogP contribution in [0.25, 0.3) is 0 Å². The number of hydrogen-bond acceptors (Lipinski definition) is 3. The Hall–Kier alpha value is -1.55. The highest BCUT2D eigenvalue weighted by Gasteiger charge is 2.41. The predicted molar refractivity (Wildman–Crippen MR) is 92.3 cm³/mol. The first-order valence-corrected chi connectivity index (χ1v) is 8.41. The number of carbonyl (C=O) groups excluding carboxylic acids is 1. The van der Waals surface area contributed by atoms with Crippen molar-refractivity contribution in [2.45, 2.75) is 45.6 Å². The van der Waals surface area contributed by atoms with E-state index in [4.69, 9.17) is 5.73 Å². The minimum absolute atomic E-state index is 0.0232. The van der Waals surface area contributed by atoms with Crippen molar-refractivity contribution in [1.82, 2.24) is 5.32 Å². The molecule has 0 spiro atoms. The summed E-state index contributed by atoms with van der Waals surface area (Å²) in [5.74, 6) is 0.505. The Bertz CT molecular complexity index is 496. The van der Waals surface area contributed by atoms with Crippen LogP contribution in [0.2, 0.25) is 0 Å². The van der Waals surface area contributed by atoms with Crippen LogP contribution in [0.1, 0.15) is 50.4 Å². The van der Waals surface area contributed by atoms with Crippen LogP contribution in [-0.2, 0) is 0 Å². The first kappa shape index (κ1) is 16.8. The number of anilines is 1. The maximum atomic E-state index is 12.4. The highest BCUT2D eigenvalue weighted by atomic mass is 16.1. The van der Waals surface area contributed by atoms with Gasteiger partial charge in [-0.25, -0.2) is 0 Å². The van der Waals surface area contributed by atoms with Crippen LogP contribution in [0.4, 0.5) is 5.69 Å². The van der Waals surface area contributed by atoms with Crippen molar-refractivity contribution >= 4 is 11.6 Å². The van der Waals surface area contributed by atoms with E-state index >= 15 is 0 Å². The lowest BCUT2D eigenvalue weighted by atomic mass is 9.95. The summed E-state index contributed by atoms with van der Waals surface area (Å²) < 4.78 is 0. The molecule has 0 saturated heterocycles. The van der Waals surface area contributed by atoms with E-state index < -0.39 is 0 Å². The van der Waals surface area contributed by atoms with Crippen molar-refractivity contribution in [1.29, 1.82) is 0 Å². The van der Waals surface area contributed by atoms with Gasteiger partial charge in [0.1, 0.15) is 0 Å². The van der Waals surface area contributed by atoms with Crippen molar-refractivity contribution in [2.75, 3.05) is 24.5 Å². The largest absolute Gasteiger partial charge is 0.372 e. The second kappa shape index (κ2) is 7.14. The maximum Gasteiger partial charge on any atom is 0.251 e. The number of benzene rings is 1. The molecule has 1 amide bonds. The highest BCUT2D eigenvalue weighted by molar-refractivity contribution is 5.95. The number of nitrogens with zero attached hydrogens (tertiary/aromatic N) is 1. The number of hydrogen-bond donors (Lipinski definition) is 2. The summed E-state index contributed by atoms with van der Waals surface area (Å²) in [7, 11) is 0. The summed E-state index contributed by atoms with van der Waals surface area (Å²) in [5.41, 5.74) is 7.47. The van der Waals surface area contributed by atoms with Crippen LogP contribution in [0.3, 0.4) is 0 Å². The highest BCUT2D eigenvalue weighted by Crippen LogP contribution is 2.39. The van der Waals surface area contributed by atoms with Gasteiger partial charge in [-0.3, -0.25) is 4.79 Å². The third kappa shape index (κ3) is 3.80. The standard InChI is InChI=1S/C18H29N3O/c1-4-12-21(5-2)16-10-6-14(7-11-16)17(22)20-18(3,13-19)15-8-9-15/h6-7,10-11,15H,4-5,8-9,12-13,19H2,1-3H3,(H,20,22). The maximum absolute atomic E-state index is 12.4. The fraction of sp³-hybridized carbons (Fsp3) is 0.611. The van der Waals surface area contributed by atoms with E-state index in [0.29, 0.717) is 18.0 Å². The molecule has 1 aromatic rings. The molecule has 1 aliphatic carbocycles. The van der Waals surface area contributed by atoms with Crippen LogP contribution in [0.5, 0.6) is 0 Å². The molecule has 3 N–H and O–H groups in total. The molecule has 2 rings (SSSR count). The lowest BCUT2D eigenvalue weighted by Crippen LogP contribution is -2.53. The summed E-state index contributed by atoms with van der Waals surface area (Å²) in [6.45, 7) is 8.88. The normalized spacial score (nSPS) is 16.9. The second-order valence-electron chi connectivity index (χ2n) is 6.48. The van der Waals surface area contributed by atoms with Crippen molar-refractivity contribution in [3.8, 4) is 0 Å². The van der Waals surface area contributed by atoms with Gasteiger partial charge in [0.05, 0.1) is 5.54 Å². The Morgan fingerprint density at radius 2 is 1.95 bits per heavy atom. The minimum Gasteiger partial charge on any atom is -0.372 e. The van der Waals surface area contributed by atoms with Gasteiger partial charge in [-0.2, -0.15) is 0 Å². The van der Waals surface area contributed by atoms with E-state index in [1.54, 1.807) is 0 Å². The van der Waals surface area contributed by atoms with Crippen LogP contribution in [0.15, 0.2) is 24.3 Å². The molecule has 0 heterocycles. The zero-order chi connectivity index (χ0) is 16.2. The Morgan fingerprint density at radius 3 is 2.41 bits per heavy atom. The Kier molecular flexibility index (Phi) is 5.46. The molecule has 1 saturated carbocycles. The fourth-order valence-electron chi connectivity index (χ4n) is 2.94. The van der Waals surface area contributed by atoms with Gasteiger partial charge in [0.2, 0.25) is 0 Å². The summed E-state index contributed by atoms with van der Waals surface area (Å²) in [5, 5.41) is 3.13. The molecular formula is C18H29N3O. The van der Waals surface area contributed by atoms with Crippen molar-refractivity contribution < 1.29 is 4.79 Å². The molecule has 22 heavy (non-hydrogen) atoms. The summed E-state index contributed by atoms with van der Waals surface area (Å²) in [4.78, 5) is 14.8. The van der Waals surface area contributed by atoms with E-state index in [-0.39, 0.29) is 11.4 Å². The molecule has 0 bridgehead atoms. The van der Waals surface area contributed by atoms with Gasteiger partial charge in [0, 0.05) is 30.9 Å². The lowest BCUT2D eigenvalue weighted by Gasteiger charge is -2.29. The molecule has 4 nitrogen and oxygen atoms in total. The molecule has 1 atom stereocenters. The van der Waals surface area contributed by atoms with Crippen LogP contribution in [0, 0.1) is 5.92 Å². The molecule has 122 valence electrons. The first-order chi connectivity index (χ1) is 10.5. The zero-order valence-electron chi connectivity index (χ0n) is 14.1. The third-order valence-electron chi connectivity index (χ3n) is 4.67. The van der Waals surface area contributed by atoms with E-state index in [0.717, 1.165) is 32.4 Å². The number of amides is 1. The van der Waals surface area contributed by atoms with Crippen LogP contribution >= 0.6 is 0 Å². The molecule has 1 aromatic carbocycles. The molecular weight excluding hydrogens is 274 g/mol. The Morgan fingerprint density at radius 1 is 1.32 bits per heavy atom. The minimum atomic E-state index is -0.270. The average molecular weight is 303 g/mol. The Balaban J connectivity index is 2.04. The van der Waals surface area contributed by atoms with E-state index in [1.165, 1.54) is 5.69 Å². The molecule has 1 fully saturated rings. The molecule has 0 aromatic heterocycles. The van der Waals surface area contributed by atoms with Gasteiger partial charge < -0.3 is 16.0 Å². The average Bonchev–Trinajstić information content (AvgIpc) is 3.38. The lowest BCUT2D eigenvalue weighted by molar-refractivity contribution is 0.0898. The van der Waals surface area contributed by atoms with Crippen molar-refractivity contribution in [3.63, 3.8) is 0 Å². The number of carbonyl (C=O) groups is 1. The van der Waals surface area contributed by atoms with Gasteiger partial charge in [-0.1, -0.05) is 6.92 Å². The molecule has 1 aliphatic rings. The first-order valence-electron chi connectivity index (χ1n) is 8.41. The smallest absolute Gasteiger partial charge is 0.251 e. The van der Waals surface area contributed by atoms with Gasteiger partial charge in [-0.15, -0.1) is 0 Å². The second-order valence-corrected chi connectivity index (χ2v) is 6.48. The quantitative estimate of drug-likeness (QED) is 0.776. The van der Waals surface area contributed by atoms with E-state index in [1.807, 2.05) is 24.3 Å². The zero-order valence-corrected chi connectivity index (χ0v) is 14.1. The predicted octanol–water partition coefficient (Wildman–Crippen LogP) is 2.78. The van der Waals surface area contributed by atoms with E-state index in [2.05, 4.69) is 31.0 Å². The molecule has 1 unspecified atom stereocenters. The topological polar surface area (TPSA) is 58.4 Å². The summed E-state index contributed by atoms with van der Waals surface area (Å²) in [6.07, 6.45) is 3.44. The van der Waals surface area contributed by atoms with Crippen LogP contribution < -0.4 is 16.0 Å². The number of nitrogens with two attached hydrogens (primary N) is 1. The van der Waals surface area contributed by atoms with Gasteiger partial charge in [0.15, 0.2) is 0 Å². The number of rotatable bonds is 8. The van der Waals surface area contributed by atoms with Gasteiger partial charge in [0.25, 0.3) is 5.91 Å².